The molecule has 0 saturated heterocycles. The van der Waals surface area contributed by atoms with Crippen molar-refractivity contribution in [2.45, 2.75) is 104 Å². The van der Waals surface area contributed by atoms with Gasteiger partial charge in [0, 0.05) is 18.4 Å². The lowest BCUT2D eigenvalue weighted by atomic mass is 10.0. The zero-order chi connectivity index (χ0) is 27.0. The van der Waals surface area contributed by atoms with E-state index >= 15 is 0 Å². The normalized spacial score (nSPS) is 16.4. The fourth-order valence-corrected chi connectivity index (χ4v) is 4.44. The average molecular weight is 524 g/mol. The molecule has 0 aromatic heterocycles. The van der Waals surface area contributed by atoms with E-state index in [2.05, 4.69) is 15.7 Å². The first kappa shape index (κ1) is 33.0. The Morgan fingerprint density at radius 1 is 0.857 bits per heavy atom. The molecule has 0 aromatic carbocycles. The fraction of sp³-hybridized carbons (Fsp3) is 0.818. The van der Waals surface area contributed by atoms with Crippen LogP contribution < -0.4 is 15.7 Å². The van der Waals surface area contributed by atoms with E-state index in [9.17, 15) is 38.8 Å². The van der Waals surface area contributed by atoms with Gasteiger partial charge in [-0.3, -0.25) is 14.1 Å². The molecular formula is C22H42N3O9P. The topological polar surface area (TPSA) is 191 Å². The molecule has 0 rings (SSSR count). The van der Waals surface area contributed by atoms with Crippen LogP contribution in [0.3, 0.4) is 0 Å². The summed E-state index contributed by atoms with van der Waals surface area (Å²) in [6.07, 6.45) is 3.42. The minimum Gasteiger partial charge on any atom is -0.480 e. The van der Waals surface area contributed by atoms with Crippen molar-refractivity contribution < 1.29 is 43.4 Å². The molecule has 12 nitrogen and oxygen atoms in total. The molecule has 0 aromatic rings. The monoisotopic (exact) mass is 523 g/mol. The van der Waals surface area contributed by atoms with E-state index in [1.807, 2.05) is 13.8 Å². The number of rotatable bonds is 20. The summed E-state index contributed by atoms with van der Waals surface area (Å²) in [5.74, 6) is -4.03. The van der Waals surface area contributed by atoms with Crippen LogP contribution in [0.4, 0.5) is 0 Å². The fourth-order valence-electron chi connectivity index (χ4n) is 3.30. The molecule has 35 heavy (non-hydrogen) atoms. The first-order chi connectivity index (χ1) is 16.3. The van der Waals surface area contributed by atoms with Crippen LogP contribution in [0.1, 0.15) is 85.5 Å². The summed E-state index contributed by atoms with van der Waals surface area (Å²) in [5.41, 5.74) is 0. The Morgan fingerprint density at radius 2 is 1.46 bits per heavy atom. The second kappa shape index (κ2) is 17.4. The number of carbonyl (C=O) groups excluding carboxylic acids is 2. The van der Waals surface area contributed by atoms with E-state index in [0.29, 0.717) is 12.8 Å². The Bertz CT molecular complexity index is 735. The van der Waals surface area contributed by atoms with Crippen LogP contribution in [-0.2, 0) is 28.3 Å². The third-order valence-corrected chi connectivity index (χ3v) is 6.65. The minimum absolute atomic E-state index is 0.0559. The number of hydrogen-bond donors (Lipinski definition) is 6. The summed E-state index contributed by atoms with van der Waals surface area (Å²) < 4.78 is 16.9. The number of unbranched alkanes of at least 4 members (excludes halogenated alkanes) is 1. The second-order valence-electron chi connectivity index (χ2n) is 8.75. The van der Waals surface area contributed by atoms with Gasteiger partial charge in [-0.05, 0) is 39.0 Å². The number of aliphatic carboxylic acids is 2. The molecule has 0 saturated carbocycles. The predicted octanol–water partition coefficient (Wildman–Crippen LogP) is 2.41. The van der Waals surface area contributed by atoms with E-state index in [1.165, 1.54) is 0 Å². The summed E-state index contributed by atoms with van der Waals surface area (Å²) in [6, 6.07) is -2.76. The molecule has 204 valence electrons. The Morgan fingerprint density at radius 3 is 2.00 bits per heavy atom. The number of nitrogens with one attached hydrogen (secondary N) is 3. The van der Waals surface area contributed by atoms with Gasteiger partial charge >= 0.3 is 19.7 Å². The highest BCUT2D eigenvalue weighted by atomic mass is 31.2. The molecule has 6 N–H and O–H groups in total. The molecular weight excluding hydrogens is 481 g/mol. The zero-order valence-electron chi connectivity index (χ0n) is 21.1. The van der Waals surface area contributed by atoms with Crippen molar-refractivity contribution in [2.24, 2.45) is 5.92 Å². The van der Waals surface area contributed by atoms with Crippen LogP contribution >= 0.6 is 7.75 Å². The second-order valence-corrected chi connectivity index (χ2v) is 10.3. The number of hydrogen-bond acceptors (Lipinski definition) is 6. The zero-order valence-corrected chi connectivity index (χ0v) is 22.0. The van der Waals surface area contributed by atoms with E-state index in [4.69, 9.17) is 4.52 Å². The summed E-state index contributed by atoms with van der Waals surface area (Å²) >= 11 is 0. The highest BCUT2D eigenvalue weighted by Gasteiger charge is 2.26. The Kier molecular flexibility index (Phi) is 16.4. The van der Waals surface area contributed by atoms with Crippen LogP contribution in [0, 0.1) is 5.92 Å². The number of carboxylic acid groups (broad SMARTS) is 2. The van der Waals surface area contributed by atoms with E-state index in [0.717, 1.165) is 19.3 Å². The number of carbonyl (C=O) groups is 4. The summed E-state index contributed by atoms with van der Waals surface area (Å²) in [5, 5.41) is 25.9. The highest BCUT2D eigenvalue weighted by Crippen LogP contribution is 2.38. The average Bonchev–Trinajstić information content (AvgIpc) is 2.75. The van der Waals surface area contributed by atoms with Crippen LogP contribution in [0.15, 0.2) is 0 Å². The lowest BCUT2D eigenvalue weighted by molar-refractivity contribution is -0.143. The van der Waals surface area contributed by atoms with Gasteiger partial charge in [0.25, 0.3) is 0 Å². The van der Waals surface area contributed by atoms with Gasteiger partial charge in [-0.25, -0.2) is 19.2 Å². The molecule has 5 atom stereocenters. The van der Waals surface area contributed by atoms with Gasteiger partial charge < -0.3 is 25.7 Å². The maximum Gasteiger partial charge on any atom is 0.403 e. The van der Waals surface area contributed by atoms with E-state index in [-0.39, 0.29) is 44.2 Å². The van der Waals surface area contributed by atoms with E-state index < -0.39 is 43.6 Å². The molecule has 13 heteroatoms. The maximum atomic E-state index is 12.2. The molecule has 0 aliphatic heterocycles. The number of carboxylic acids is 2. The summed E-state index contributed by atoms with van der Waals surface area (Å²) in [6.45, 7) is 7.18. The van der Waals surface area contributed by atoms with Crippen LogP contribution in [-0.4, -0.2) is 63.6 Å². The van der Waals surface area contributed by atoms with Crippen LogP contribution in [0.25, 0.3) is 0 Å². The SMILES string of the molecule is CCCCC(C)C(=O)NC(CCC(=O)NC(CCCOP(=O)(O)NC(C)CCC)C(=O)O)C(=O)O. The molecule has 0 heterocycles. The summed E-state index contributed by atoms with van der Waals surface area (Å²) in [4.78, 5) is 57.1. The van der Waals surface area contributed by atoms with Gasteiger partial charge in [0.05, 0.1) is 6.61 Å². The van der Waals surface area contributed by atoms with Crippen molar-refractivity contribution in [1.29, 1.82) is 0 Å². The molecule has 0 bridgehead atoms. The Labute approximate surface area is 207 Å². The smallest absolute Gasteiger partial charge is 0.403 e. The van der Waals surface area contributed by atoms with Gasteiger partial charge in [0.1, 0.15) is 12.1 Å². The van der Waals surface area contributed by atoms with Crippen LogP contribution in [0.5, 0.6) is 0 Å². The third-order valence-electron chi connectivity index (χ3n) is 5.35. The maximum absolute atomic E-state index is 12.2. The summed E-state index contributed by atoms with van der Waals surface area (Å²) in [7, 11) is -4.02. The van der Waals surface area contributed by atoms with Crippen molar-refractivity contribution in [2.75, 3.05) is 6.61 Å². The molecule has 0 aliphatic rings. The van der Waals surface area contributed by atoms with E-state index in [1.54, 1.807) is 13.8 Å². The Hall–Kier alpha value is -2.01. The van der Waals surface area contributed by atoms with Crippen molar-refractivity contribution >= 4 is 31.5 Å². The molecule has 0 aliphatic carbocycles. The Balaban J connectivity index is 4.61. The molecule has 2 amide bonds. The largest absolute Gasteiger partial charge is 0.480 e. The third kappa shape index (κ3) is 15.6. The van der Waals surface area contributed by atoms with Gasteiger partial charge in [0.2, 0.25) is 11.8 Å². The quantitative estimate of drug-likeness (QED) is 0.102. The first-order valence-corrected chi connectivity index (χ1v) is 13.7. The number of amides is 2. The minimum atomic E-state index is -4.02. The van der Waals surface area contributed by atoms with Gasteiger partial charge in [-0.15, -0.1) is 0 Å². The van der Waals surface area contributed by atoms with Crippen molar-refractivity contribution in [3.63, 3.8) is 0 Å². The lowest BCUT2D eigenvalue weighted by Crippen LogP contribution is -2.45. The van der Waals surface area contributed by atoms with Gasteiger partial charge in [0.15, 0.2) is 0 Å². The molecule has 5 unspecified atom stereocenters. The van der Waals surface area contributed by atoms with Crippen molar-refractivity contribution in [3.8, 4) is 0 Å². The van der Waals surface area contributed by atoms with Gasteiger partial charge in [-0.1, -0.05) is 40.0 Å². The van der Waals surface area contributed by atoms with Crippen LogP contribution in [0.2, 0.25) is 0 Å². The molecule has 0 radical (unpaired) electrons. The van der Waals surface area contributed by atoms with Crippen molar-refractivity contribution in [1.82, 2.24) is 15.7 Å². The predicted molar refractivity (Wildman–Crippen MR) is 130 cm³/mol. The van der Waals surface area contributed by atoms with Gasteiger partial charge in [-0.2, -0.15) is 0 Å². The highest BCUT2D eigenvalue weighted by molar-refractivity contribution is 7.50. The lowest BCUT2D eigenvalue weighted by Gasteiger charge is -2.19. The first-order valence-electron chi connectivity index (χ1n) is 12.1. The molecule has 0 spiro atoms. The van der Waals surface area contributed by atoms with Crippen molar-refractivity contribution in [3.05, 3.63) is 0 Å². The standard InChI is InChI=1S/C22H42N3O9P/c1-5-7-10-15(3)20(27)24-18(22(30)31)12-13-19(26)23-17(21(28)29)11-8-14-34-35(32,33)25-16(4)9-6-2/h15-18H,5-14H2,1-4H3,(H,23,26)(H,24,27)(H,28,29)(H,30,31)(H2,25,32,33). The molecule has 0 fully saturated rings.